The molecule has 5 heteroatoms. The maximum Gasteiger partial charge on any atom is 0.193 e. The highest BCUT2D eigenvalue weighted by atomic mass is 15.3. The summed E-state index contributed by atoms with van der Waals surface area (Å²) in [6.07, 6.45) is 7.48. The quantitative estimate of drug-likeness (QED) is 0.673. The smallest absolute Gasteiger partial charge is 0.193 e. The molecule has 0 radical (unpaired) electrons. The van der Waals surface area contributed by atoms with Crippen molar-refractivity contribution in [1.82, 2.24) is 20.0 Å². The van der Waals surface area contributed by atoms with Gasteiger partial charge in [-0.15, -0.1) is 0 Å². The molecule has 1 unspecified atom stereocenters. The summed E-state index contributed by atoms with van der Waals surface area (Å²) in [5, 5.41) is 7.83. The zero-order valence-electron chi connectivity index (χ0n) is 15.6. The minimum Gasteiger partial charge on any atom is -0.352 e. The third-order valence-electron chi connectivity index (χ3n) is 5.02. The molecule has 0 aliphatic carbocycles. The molecule has 0 amide bonds. The number of nitrogens with one attached hydrogen (secondary N) is 1. The van der Waals surface area contributed by atoms with Crippen LogP contribution in [-0.2, 0) is 26.4 Å². The van der Waals surface area contributed by atoms with E-state index in [-0.39, 0.29) is 0 Å². The van der Waals surface area contributed by atoms with Crippen LogP contribution in [0.4, 0.5) is 0 Å². The second-order valence-corrected chi connectivity index (χ2v) is 6.85. The zero-order valence-corrected chi connectivity index (χ0v) is 15.6. The largest absolute Gasteiger partial charge is 0.352 e. The third-order valence-corrected chi connectivity index (χ3v) is 5.02. The molecule has 0 spiro atoms. The van der Waals surface area contributed by atoms with Crippen molar-refractivity contribution in [3.63, 3.8) is 0 Å². The van der Waals surface area contributed by atoms with Crippen LogP contribution < -0.4 is 5.32 Å². The van der Waals surface area contributed by atoms with Gasteiger partial charge in [0.1, 0.15) is 0 Å². The van der Waals surface area contributed by atoms with Crippen LogP contribution in [0, 0.1) is 5.92 Å². The normalized spacial score (nSPS) is 18.0. The summed E-state index contributed by atoms with van der Waals surface area (Å²) < 4.78 is 1.88. The Morgan fingerprint density at radius 1 is 1.32 bits per heavy atom. The average Bonchev–Trinajstić information content (AvgIpc) is 3.25. The highest BCUT2D eigenvalue weighted by Crippen LogP contribution is 2.21. The molecule has 1 aliphatic heterocycles. The molecule has 3 rings (SSSR count). The van der Waals surface area contributed by atoms with E-state index in [1.54, 1.807) is 0 Å². The number of rotatable bonds is 5. The number of hydrogen-bond donors (Lipinski definition) is 1. The second-order valence-electron chi connectivity index (χ2n) is 6.85. The number of likely N-dealkylation sites (tertiary alicyclic amines) is 1. The van der Waals surface area contributed by atoms with Gasteiger partial charge in [0.15, 0.2) is 5.96 Å². The van der Waals surface area contributed by atoms with E-state index in [1.165, 1.54) is 23.1 Å². The summed E-state index contributed by atoms with van der Waals surface area (Å²) in [6, 6.07) is 8.63. The number of aromatic nitrogens is 2. The standard InChI is InChI=1S/C20H29N5/c1-4-18-7-5-6-8-19(18)13-22-20(21-2)25-10-9-16(15-25)11-17-12-23-24(3)14-17/h5-8,12,14,16H,4,9-11,13,15H2,1-3H3,(H,21,22). The van der Waals surface area contributed by atoms with Crippen LogP contribution in [0.15, 0.2) is 41.7 Å². The molecule has 1 aromatic heterocycles. The van der Waals surface area contributed by atoms with E-state index in [2.05, 4.69) is 57.7 Å². The van der Waals surface area contributed by atoms with Gasteiger partial charge in [-0.25, -0.2) is 0 Å². The van der Waals surface area contributed by atoms with Gasteiger partial charge in [0.2, 0.25) is 0 Å². The van der Waals surface area contributed by atoms with E-state index in [9.17, 15) is 0 Å². The van der Waals surface area contributed by atoms with Gasteiger partial charge >= 0.3 is 0 Å². The van der Waals surface area contributed by atoms with Crippen molar-refractivity contribution in [2.45, 2.75) is 32.7 Å². The van der Waals surface area contributed by atoms with Gasteiger partial charge in [-0.1, -0.05) is 31.2 Å². The molecule has 0 bridgehead atoms. The predicted octanol–water partition coefficient (Wildman–Crippen LogP) is 2.62. The van der Waals surface area contributed by atoms with Crippen molar-refractivity contribution in [3.05, 3.63) is 53.3 Å². The zero-order chi connectivity index (χ0) is 17.6. The Kier molecular flexibility index (Phi) is 5.74. The Hall–Kier alpha value is -2.30. The first-order valence-electron chi connectivity index (χ1n) is 9.19. The molecule has 1 fully saturated rings. The van der Waals surface area contributed by atoms with E-state index in [0.29, 0.717) is 5.92 Å². The first-order valence-corrected chi connectivity index (χ1v) is 9.19. The van der Waals surface area contributed by atoms with Crippen molar-refractivity contribution in [3.8, 4) is 0 Å². The first kappa shape index (κ1) is 17.5. The van der Waals surface area contributed by atoms with E-state index >= 15 is 0 Å². The lowest BCUT2D eigenvalue weighted by Crippen LogP contribution is -2.39. The number of guanidine groups is 1. The highest BCUT2D eigenvalue weighted by molar-refractivity contribution is 5.80. The van der Waals surface area contributed by atoms with Crippen LogP contribution in [0.2, 0.25) is 0 Å². The van der Waals surface area contributed by atoms with Gasteiger partial charge in [-0.2, -0.15) is 5.10 Å². The molecule has 5 nitrogen and oxygen atoms in total. The van der Waals surface area contributed by atoms with Crippen LogP contribution in [0.3, 0.4) is 0 Å². The van der Waals surface area contributed by atoms with Crippen LogP contribution in [0.5, 0.6) is 0 Å². The summed E-state index contributed by atoms with van der Waals surface area (Å²) in [5.41, 5.74) is 4.09. The Balaban J connectivity index is 1.55. The summed E-state index contributed by atoms with van der Waals surface area (Å²) in [6.45, 7) is 5.17. The number of aliphatic imine (C=N–C) groups is 1. The molecule has 134 valence electrons. The summed E-state index contributed by atoms with van der Waals surface area (Å²) in [4.78, 5) is 6.89. The molecule has 1 N–H and O–H groups in total. The fraction of sp³-hybridized carbons (Fsp3) is 0.500. The lowest BCUT2D eigenvalue weighted by molar-refractivity contribution is 0.459. The van der Waals surface area contributed by atoms with E-state index < -0.39 is 0 Å². The fourth-order valence-electron chi connectivity index (χ4n) is 3.68. The van der Waals surface area contributed by atoms with Crippen molar-refractivity contribution in [2.75, 3.05) is 20.1 Å². The molecular formula is C20H29N5. The summed E-state index contributed by atoms with van der Waals surface area (Å²) in [7, 11) is 3.85. The summed E-state index contributed by atoms with van der Waals surface area (Å²) >= 11 is 0. The molecule has 1 atom stereocenters. The molecule has 1 saturated heterocycles. The van der Waals surface area contributed by atoms with Gasteiger partial charge in [0.25, 0.3) is 0 Å². The van der Waals surface area contributed by atoms with Crippen LogP contribution in [0.25, 0.3) is 0 Å². The van der Waals surface area contributed by atoms with Crippen LogP contribution in [0.1, 0.15) is 30.0 Å². The average molecular weight is 339 g/mol. The number of benzene rings is 1. The number of hydrogen-bond acceptors (Lipinski definition) is 2. The second kappa shape index (κ2) is 8.19. The molecule has 2 heterocycles. The van der Waals surface area contributed by atoms with Crippen LogP contribution in [-0.4, -0.2) is 40.8 Å². The SMILES string of the molecule is CCc1ccccc1CNC(=NC)N1CCC(Cc2cnn(C)c2)C1. The molecule has 0 saturated carbocycles. The molecule has 1 aromatic carbocycles. The molecule has 1 aliphatic rings. The van der Waals surface area contributed by atoms with Crippen molar-refractivity contribution < 1.29 is 0 Å². The summed E-state index contributed by atoms with van der Waals surface area (Å²) in [5.74, 6) is 1.69. The first-order chi connectivity index (χ1) is 12.2. The van der Waals surface area contributed by atoms with Gasteiger partial charge < -0.3 is 10.2 Å². The lowest BCUT2D eigenvalue weighted by atomic mass is 10.0. The minimum atomic E-state index is 0.672. The van der Waals surface area contributed by atoms with Crippen molar-refractivity contribution >= 4 is 5.96 Å². The Labute approximate surface area is 150 Å². The monoisotopic (exact) mass is 339 g/mol. The van der Waals surface area contributed by atoms with Gasteiger partial charge in [0, 0.05) is 39.9 Å². The number of nitrogens with zero attached hydrogens (tertiary/aromatic N) is 4. The Morgan fingerprint density at radius 2 is 2.12 bits per heavy atom. The van der Waals surface area contributed by atoms with Gasteiger partial charge in [-0.05, 0) is 41.9 Å². The molecule has 2 aromatic rings. The van der Waals surface area contributed by atoms with E-state index in [0.717, 1.165) is 38.4 Å². The Bertz CT molecular complexity index is 718. The fourth-order valence-corrected chi connectivity index (χ4v) is 3.68. The van der Waals surface area contributed by atoms with Crippen LogP contribution >= 0.6 is 0 Å². The topological polar surface area (TPSA) is 45.5 Å². The minimum absolute atomic E-state index is 0.672. The lowest BCUT2D eigenvalue weighted by Gasteiger charge is -2.22. The third kappa shape index (κ3) is 4.41. The van der Waals surface area contributed by atoms with E-state index in [1.807, 2.05) is 25.0 Å². The van der Waals surface area contributed by atoms with Gasteiger partial charge in [-0.3, -0.25) is 9.67 Å². The maximum absolute atomic E-state index is 4.50. The van der Waals surface area contributed by atoms with Crippen molar-refractivity contribution in [2.24, 2.45) is 18.0 Å². The van der Waals surface area contributed by atoms with Crippen molar-refractivity contribution in [1.29, 1.82) is 0 Å². The molecule has 25 heavy (non-hydrogen) atoms. The maximum atomic E-state index is 4.50. The predicted molar refractivity (Wildman–Crippen MR) is 103 cm³/mol. The highest BCUT2D eigenvalue weighted by Gasteiger charge is 2.25. The Morgan fingerprint density at radius 3 is 2.80 bits per heavy atom. The van der Waals surface area contributed by atoms with E-state index in [4.69, 9.17) is 0 Å². The van der Waals surface area contributed by atoms with Gasteiger partial charge in [0.05, 0.1) is 6.20 Å². The number of aryl methyl sites for hydroxylation is 2. The molecular weight excluding hydrogens is 310 g/mol.